The molecular formula is C22H16N4O5S. The molecule has 1 amide bonds. The highest BCUT2D eigenvalue weighted by Crippen LogP contribution is 2.42. The average Bonchev–Trinajstić information content (AvgIpc) is 3.37. The summed E-state index contributed by atoms with van der Waals surface area (Å²) in [4.78, 5) is 39.0. The van der Waals surface area contributed by atoms with Gasteiger partial charge >= 0.3 is 0 Å². The van der Waals surface area contributed by atoms with Crippen molar-refractivity contribution in [2.24, 2.45) is 0 Å². The number of nitro groups is 1. The lowest BCUT2D eigenvalue weighted by Crippen LogP contribution is -2.29. The summed E-state index contributed by atoms with van der Waals surface area (Å²) in [5, 5.41) is 20.8. The highest BCUT2D eigenvalue weighted by molar-refractivity contribution is 7.15. The van der Waals surface area contributed by atoms with E-state index in [4.69, 9.17) is 4.42 Å². The summed E-state index contributed by atoms with van der Waals surface area (Å²) in [6.45, 7) is 3.80. The molecule has 0 spiro atoms. The van der Waals surface area contributed by atoms with Crippen LogP contribution in [-0.2, 0) is 6.42 Å². The van der Waals surface area contributed by atoms with Gasteiger partial charge in [0.1, 0.15) is 10.6 Å². The van der Waals surface area contributed by atoms with E-state index in [1.54, 1.807) is 30.3 Å². The monoisotopic (exact) mass is 448 g/mol. The number of aryl methyl sites for hydroxylation is 2. The van der Waals surface area contributed by atoms with E-state index in [9.17, 15) is 19.7 Å². The van der Waals surface area contributed by atoms with Crippen LogP contribution in [0.3, 0.4) is 0 Å². The summed E-state index contributed by atoms with van der Waals surface area (Å²) in [6, 6.07) is 10.1. The fourth-order valence-electron chi connectivity index (χ4n) is 3.86. The van der Waals surface area contributed by atoms with Gasteiger partial charge in [-0.1, -0.05) is 29.9 Å². The topological polar surface area (TPSA) is 119 Å². The predicted molar refractivity (Wildman–Crippen MR) is 118 cm³/mol. The van der Waals surface area contributed by atoms with Gasteiger partial charge in [0.15, 0.2) is 5.43 Å². The lowest BCUT2D eigenvalue weighted by molar-refractivity contribution is -0.384. The van der Waals surface area contributed by atoms with Crippen molar-refractivity contribution >= 4 is 39.0 Å². The normalized spacial score (nSPS) is 15.4. The number of hydrogen-bond acceptors (Lipinski definition) is 8. The number of anilines is 1. The zero-order chi connectivity index (χ0) is 22.6. The number of non-ortho nitro benzene ring substituents is 1. The maximum atomic E-state index is 13.5. The third-order valence-corrected chi connectivity index (χ3v) is 6.48. The van der Waals surface area contributed by atoms with Crippen LogP contribution in [0.4, 0.5) is 10.8 Å². The number of benzene rings is 2. The molecule has 160 valence electrons. The Labute approximate surface area is 185 Å². The SMILES string of the molecule is CCc1nnc(N2C(=O)c3oc4ccc(C)cc4c(=O)c3[C@H]2c2ccc([N+](=O)[O-])cc2)s1. The van der Waals surface area contributed by atoms with Gasteiger partial charge < -0.3 is 4.42 Å². The van der Waals surface area contributed by atoms with Crippen LogP contribution < -0.4 is 10.3 Å². The van der Waals surface area contributed by atoms with E-state index in [-0.39, 0.29) is 22.4 Å². The van der Waals surface area contributed by atoms with Crippen molar-refractivity contribution in [3.8, 4) is 0 Å². The molecule has 0 fully saturated rings. The largest absolute Gasteiger partial charge is 0.450 e. The van der Waals surface area contributed by atoms with Gasteiger partial charge in [-0.3, -0.25) is 24.6 Å². The molecule has 0 saturated heterocycles. The first kappa shape index (κ1) is 20.0. The third kappa shape index (κ3) is 2.99. The van der Waals surface area contributed by atoms with Gasteiger partial charge in [-0.25, -0.2) is 0 Å². The number of nitro benzene ring substituents is 1. The minimum absolute atomic E-state index is 0.0528. The summed E-state index contributed by atoms with van der Waals surface area (Å²) in [5.74, 6) is -0.551. The Kier molecular flexibility index (Phi) is 4.59. The second kappa shape index (κ2) is 7.34. The quantitative estimate of drug-likeness (QED) is 0.339. The van der Waals surface area contributed by atoms with E-state index < -0.39 is 16.9 Å². The first-order valence-electron chi connectivity index (χ1n) is 9.86. The van der Waals surface area contributed by atoms with E-state index in [0.717, 1.165) is 10.6 Å². The van der Waals surface area contributed by atoms with Crippen LogP contribution in [0.15, 0.2) is 51.7 Å². The van der Waals surface area contributed by atoms with Gasteiger partial charge in [-0.05, 0) is 43.2 Å². The van der Waals surface area contributed by atoms with Crippen molar-refractivity contribution in [3.63, 3.8) is 0 Å². The van der Waals surface area contributed by atoms with Gasteiger partial charge in [-0.15, -0.1) is 10.2 Å². The first-order valence-corrected chi connectivity index (χ1v) is 10.7. The molecule has 9 nitrogen and oxygen atoms in total. The summed E-state index contributed by atoms with van der Waals surface area (Å²) in [7, 11) is 0. The Balaban J connectivity index is 1.77. The van der Waals surface area contributed by atoms with E-state index in [1.165, 1.54) is 28.4 Å². The van der Waals surface area contributed by atoms with Crippen LogP contribution in [-0.4, -0.2) is 21.0 Å². The van der Waals surface area contributed by atoms with Gasteiger partial charge in [-0.2, -0.15) is 0 Å². The highest BCUT2D eigenvalue weighted by Gasteiger charge is 2.45. The maximum absolute atomic E-state index is 13.5. The molecule has 3 heterocycles. The molecule has 0 aliphatic carbocycles. The molecule has 0 N–H and O–H groups in total. The number of rotatable bonds is 4. The van der Waals surface area contributed by atoms with Crippen LogP contribution in [0.1, 0.15) is 45.2 Å². The van der Waals surface area contributed by atoms with E-state index in [1.807, 2.05) is 13.8 Å². The molecule has 0 unspecified atom stereocenters. The predicted octanol–water partition coefficient (Wildman–Crippen LogP) is 4.17. The third-order valence-electron chi connectivity index (χ3n) is 5.41. The van der Waals surface area contributed by atoms with Crippen LogP contribution in [0, 0.1) is 17.0 Å². The Morgan fingerprint density at radius 3 is 2.56 bits per heavy atom. The first-order chi connectivity index (χ1) is 15.4. The molecule has 1 aliphatic heterocycles. The number of fused-ring (bicyclic) bond motifs is 2. The Morgan fingerprint density at radius 2 is 1.91 bits per heavy atom. The molecule has 1 atom stereocenters. The molecule has 1 aliphatic rings. The summed E-state index contributed by atoms with van der Waals surface area (Å²) in [6.07, 6.45) is 0.648. The Bertz CT molecular complexity index is 1460. The van der Waals surface area contributed by atoms with Crippen molar-refractivity contribution in [3.05, 3.63) is 90.3 Å². The van der Waals surface area contributed by atoms with Gasteiger partial charge in [0.25, 0.3) is 11.6 Å². The Hall–Kier alpha value is -3.92. The Morgan fingerprint density at radius 1 is 1.16 bits per heavy atom. The smallest absolute Gasteiger partial charge is 0.297 e. The van der Waals surface area contributed by atoms with Crippen LogP contribution in [0.5, 0.6) is 0 Å². The molecule has 2 aromatic heterocycles. The molecule has 0 saturated carbocycles. The number of aromatic nitrogens is 2. The molecule has 0 bridgehead atoms. The van der Waals surface area contributed by atoms with Crippen LogP contribution in [0.25, 0.3) is 11.0 Å². The van der Waals surface area contributed by atoms with E-state index in [0.29, 0.717) is 28.1 Å². The number of hydrogen-bond donors (Lipinski definition) is 0. The molecule has 5 rings (SSSR count). The fraction of sp³-hybridized carbons (Fsp3) is 0.182. The highest BCUT2D eigenvalue weighted by atomic mass is 32.1. The number of nitrogens with zero attached hydrogens (tertiary/aromatic N) is 4. The van der Waals surface area contributed by atoms with E-state index in [2.05, 4.69) is 10.2 Å². The molecule has 32 heavy (non-hydrogen) atoms. The zero-order valence-corrected chi connectivity index (χ0v) is 17.9. The molecule has 10 heteroatoms. The summed E-state index contributed by atoms with van der Waals surface area (Å²) >= 11 is 1.25. The van der Waals surface area contributed by atoms with Crippen molar-refractivity contribution < 1.29 is 14.1 Å². The van der Waals surface area contributed by atoms with Gasteiger partial charge in [0.05, 0.1) is 21.9 Å². The number of carbonyl (C=O) groups is 1. The lowest BCUT2D eigenvalue weighted by Gasteiger charge is -2.21. The van der Waals surface area contributed by atoms with Crippen molar-refractivity contribution in [1.29, 1.82) is 0 Å². The lowest BCUT2D eigenvalue weighted by atomic mass is 9.98. The zero-order valence-electron chi connectivity index (χ0n) is 17.1. The number of amides is 1. The van der Waals surface area contributed by atoms with Gasteiger partial charge in [0.2, 0.25) is 10.9 Å². The van der Waals surface area contributed by atoms with Crippen molar-refractivity contribution in [2.75, 3.05) is 4.90 Å². The van der Waals surface area contributed by atoms with Crippen LogP contribution in [0.2, 0.25) is 0 Å². The molecule has 4 aromatic rings. The van der Waals surface area contributed by atoms with E-state index >= 15 is 0 Å². The van der Waals surface area contributed by atoms with Crippen molar-refractivity contribution in [1.82, 2.24) is 10.2 Å². The number of carbonyl (C=O) groups excluding carboxylic acids is 1. The molecule has 2 aromatic carbocycles. The molecular weight excluding hydrogens is 432 g/mol. The minimum Gasteiger partial charge on any atom is -0.450 e. The minimum atomic E-state index is -0.836. The van der Waals surface area contributed by atoms with Crippen molar-refractivity contribution in [2.45, 2.75) is 26.3 Å². The second-order valence-electron chi connectivity index (χ2n) is 7.43. The summed E-state index contributed by atoms with van der Waals surface area (Å²) in [5.41, 5.74) is 1.53. The van der Waals surface area contributed by atoms with Gasteiger partial charge in [0, 0.05) is 12.1 Å². The maximum Gasteiger partial charge on any atom is 0.297 e. The summed E-state index contributed by atoms with van der Waals surface area (Å²) < 4.78 is 5.91. The van der Waals surface area contributed by atoms with Crippen LogP contribution >= 0.6 is 11.3 Å². The molecule has 0 radical (unpaired) electrons. The second-order valence-corrected chi connectivity index (χ2v) is 8.47. The fourth-order valence-corrected chi connectivity index (χ4v) is 4.67. The standard InChI is InChI=1S/C22H16N4O5S/c1-3-16-23-24-22(32-16)25-18(12-5-7-13(8-6-12)26(29)30)17-19(27)14-10-11(2)4-9-15(14)31-20(17)21(25)28/h4-10,18H,3H2,1-2H3/t18-/m1/s1. The average molecular weight is 448 g/mol.